The molecular weight excluding hydrogens is 1830 g/mol. The molecule has 11 aromatic rings. The van der Waals surface area contributed by atoms with Crippen LogP contribution in [0.1, 0.15) is 177 Å². The summed E-state index contributed by atoms with van der Waals surface area (Å²) in [6.45, 7) is 26.7. The molecule has 9 aliphatic heterocycles. The van der Waals surface area contributed by atoms with Gasteiger partial charge in [-0.05, 0) is 354 Å². The van der Waals surface area contributed by atoms with Crippen LogP contribution in [0.25, 0.3) is 56.3 Å². The fourth-order valence-electron chi connectivity index (χ4n) is 26.4. The van der Waals surface area contributed by atoms with E-state index in [4.69, 9.17) is 44.6 Å². The van der Waals surface area contributed by atoms with Gasteiger partial charge in [-0.25, -0.2) is 49.8 Å². The number of carbonyl (C=O) groups is 1. The Labute approximate surface area is 871 Å². The lowest BCUT2D eigenvalue weighted by atomic mass is 9.64. The summed E-state index contributed by atoms with van der Waals surface area (Å²) in [5, 5.41) is 28.1. The van der Waals surface area contributed by atoms with Crippen molar-refractivity contribution in [2.75, 3.05) is 238 Å². The van der Waals surface area contributed by atoms with Crippen LogP contribution in [0.4, 0.5) is 29.7 Å². The quantitative estimate of drug-likeness (QED) is 0.0332. The molecular formula is C119H156N26O2. The highest BCUT2D eigenvalue weighted by Crippen LogP contribution is 2.54. The average Bonchev–Trinajstić information content (AvgIpc) is 1.17. The van der Waals surface area contributed by atoms with Crippen molar-refractivity contribution in [2.45, 2.75) is 187 Å². The first-order chi connectivity index (χ1) is 72.1. The van der Waals surface area contributed by atoms with Crippen molar-refractivity contribution >= 4 is 35.6 Å². The number of hydrogen-bond donors (Lipinski definition) is 8. The first-order valence-corrected chi connectivity index (χ1v) is 55.6. The van der Waals surface area contributed by atoms with E-state index in [0.717, 1.165) is 312 Å². The van der Waals surface area contributed by atoms with E-state index in [1.807, 2.05) is 23.4 Å². The third-order valence-electron chi connectivity index (χ3n) is 34.7. The predicted octanol–water partition coefficient (Wildman–Crippen LogP) is 14.5. The number of carbonyl (C=O) groups excluding carboxylic acids is 1. The Morgan fingerprint density at radius 1 is 0.408 bits per heavy atom. The van der Waals surface area contributed by atoms with Crippen molar-refractivity contribution < 1.29 is 9.53 Å². The van der Waals surface area contributed by atoms with Gasteiger partial charge in [0, 0.05) is 183 Å². The number of piperidine rings is 6. The van der Waals surface area contributed by atoms with Crippen molar-refractivity contribution in [3.8, 4) is 56.3 Å². The molecule has 28 heteroatoms. The Balaban J connectivity index is 0.000000108. The molecule has 28 nitrogen and oxygen atoms in total. The van der Waals surface area contributed by atoms with Gasteiger partial charge in [-0.15, -0.1) is 0 Å². The molecule has 5 aliphatic carbocycles. The second kappa shape index (κ2) is 46.9. The number of amides is 1. The van der Waals surface area contributed by atoms with Gasteiger partial charge >= 0.3 is 0 Å². The molecule has 0 atom stereocenters. The van der Waals surface area contributed by atoms with Crippen LogP contribution in [-0.4, -0.2) is 303 Å². The van der Waals surface area contributed by atoms with Crippen molar-refractivity contribution in [1.29, 1.82) is 0 Å². The van der Waals surface area contributed by atoms with E-state index < -0.39 is 0 Å². The highest BCUT2D eigenvalue weighted by atomic mass is 16.5. The third kappa shape index (κ3) is 23.2. The molecule has 0 saturated carbocycles. The van der Waals surface area contributed by atoms with Gasteiger partial charge in [0.15, 0.2) is 0 Å². The number of rotatable bonds is 21. The molecule has 0 bridgehead atoms. The molecule has 0 radical (unpaired) electrons. The van der Waals surface area contributed by atoms with Crippen LogP contribution in [-0.2, 0) is 75.1 Å². The highest BCUT2D eigenvalue weighted by molar-refractivity contribution is 5.80. The highest BCUT2D eigenvalue weighted by Gasteiger charge is 2.47. The summed E-state index contributed by atoms with van der Waals surface area (Å²) in [5.74, 6) is 4.92. The minimum atomic E-state index is 0.216. The molecule has 15 heterocycles. The van der Waals surface area contributed by atoms with Crippen molar-refractivity contribution in [3.05, 3.63) is 238 Å². The average molecular weight is 1980 g/mol. The normalized spacial score (nSPS) is 20.0. The maximum absolute atomic E-state index is 12.5. The molecule has 1 amide bonds. The Hall–Kier alpha value is -11.3. The third-order valence-corrected chi connectivity index (χ3v) is 34.7. The number of nitrogens with one attached hydrogen (secondary N) is 8. The Kier molecular flexibility index (Phi) is 32.4. The van der Waals surface area contributed by atoms with Gasteiger partial charge in [0.2, 0.25) is 35.6 Å². The summed E-state index contributed by atoms with van der Waals surface area (Å²) in [6, 6.07) is 49.0. The van der Waals surface area contributed by atoms with E-state index >= 15 is 0 Å². The molecule has 147 heavy (non-hydrogen) atoms. The number of likely N-dealkylation sites (tertiary alicyclic amines) is 2. The van der Waals surface area contributed by atoms with E-state index in [1.54, 1.807) is 6.20 Å². The van der Waals surface area contributed by atoms with Crippen LogP contribution in [0.5, 0.6) is 0 Å². The van der Waals surface area contributed by atoms with Crippen LogP contribution in [0.15, 0.2) is 177 Å². The van der Waals surface area contributed by atoms with Crippen LogP contribution < -0.4 is 52.3 Å². The molecule has 9 saturated heterocycles. The van der Waals surface area contributed by atoms with E-state index in [0.29, 0.717) is 24.5 Å². The SMILES string of the molecule is CN(C)CCCN(CCCN(C)C)c1ncc2c(n1)-c1ccccc1C1(CCNCC1)C2.CN1CCC(Nc2ncc3c(n2)-c2ccccc2C2(CCNCC2)C3)CC1.O=C(CN1CCN(c2ncc3c(n2)-c2ccccc2C2(CCNCC2)C3)CC1)N1CCCC1.c1ccc2c(c1)-c1nc(NCC3CCOCC3)ncc1CC21CCNCC1.c1cncc(CCNc2ncc3c(n2)-c2ccccc2C2(CCNCC2)C3)c1. The molecule has 5 spiro atoms. The van der Waals surface area contributed by atoms with Gasteiger partial charge in [-0.1, -0.05) is 127 Å². The molecule has 6 aromatic heterocycles. The predicted molar refractivity (Wildman–Crippen MR) is 590 cm³/mol. The zero-order chi connectivity index (χ0) is 100.0. The number of ether oxygens (including phenoxy) is 1. The van der Waals surface area contributed by atoms with Crippen molar-refractivity contribution in [2.24, 2.45) is 5.92 Å². The van der Waals surface area contributed by atoms with E-state index in [2.05, 4.69) is 274 Å². The van der Waals surface area contributed by atoms with Gasteiger partial charge in [0.25, 0.3) is 0 Å². The smallest absolute Gasteiger partial charge is 0.236 e. The largest absolute Gasteiger partial charge is 0.381 e. The fourth-order valence-corrected chi connectivity index (χ4v) is 26.4. The number of aromatic nitrogens is 11. The van der Waals surface area contributed by atoms with Gasteiger partial charge in [-0.3, -0.25) is 14.7 Å². The number of benzene rings is 5. The topological polar surface area (TPSA) is 287 Å². The molecule has 8 N–H and O–H groups in total. The fraction of sp³-hybridized carbons (Fsp3) is 0.529. The minimum Gasteiger partial charge on any atom is -0.381 e. The Morgan fingerprint density at radius 3 is 1.22 bits per heavy atom. The maximum Gasteiger partial charge on any atom is 0.236 e. The zero-order valence-corrected chi connectivity index (χ0v) is 87.8. The monoisotopic (exact) mass is 1980 g/mol. The maximum atomic E-state index is 12.5. The zero-order valence-electron chi connectivity index (χ0n) is 87.8. The first-order valence-electron chi connectivity index (χ1n) is 55.6. The number of nitrogens with zero attached hydrogens (tertiary/aromatic N) is 18. The summed E-state index contributed by atoms with van der Waals surface area (Å²) in [7, 11) is 10.7. The molecule has 5 aromatic carbocycles. The number of pyridine rings is 1. The standard InChI is InChI=1S/C26H34N6O.C26H40N6.C23H25N5.C22H29N5.C22H28N4O/c33-23(31-11-3-4-12-31)19-30-13-15-32(16-14-30)25-28-18-20-17-26(7-9-27-10-8-26)22-6-2-1-5-21(22)24(20)29-25;1-30(2)15-7-17-32(18-8-16-31(3)4)25-28-20-21-19-26(11-13-27-14-12-26)23-10-6-5-9-22(23)24(21)29-25;1-2-6-20-19(5-1)21-18(14-23(20)8-12-24-13-9-23)16-27-22(28-21)26-11-7-17-4-3-10-25-15-17;1-27-12-6-17(7-13-27)25-21-24-15-16-14-22(8-10-23-11-9-22)19-5-3-2-4-18(19)20(16)26-21;1-2-4-19-18(3-1)20-17(13-22(19)7-9-23-10-8-22)15-25-21(26-20)24-14-16-5-11-27-12-6-16/h1-2,5-6,18,27H,3-4,7-17,19H2;5-6,9-10,20,27H,7-8,11-19H2,1-4H3;1-6,10,15-16,24H,7-9,11-14H2,(H,26,27,28);2-5,15,17,23H,6-14H2,1H3,(H,24,25,26);1-4,15-16,23H,5-14H2,(H,24,25,26). The molecule has 9 fully saturated rings. The minimum absolute atomic E-state index is 0.216. The summed E-state index contributed by atoms with van der Waals surface area (Å²) in [5.41, 5.74) is 28.4. The first kappa shape index (κ1) is 102. The van der Waals surface area contributed by atoms with Crippen LogP contribution in [0.2, 0.25) is 0 Å². The summed E-state index contributed by atoms with van der Waals surface area (Å²) in [4.78, 5) is 81.4. The lowest BCUT2D eigenvalue weighted by molar-refractivity contribution is -0.131. The Morgan fingerprint density at radius 2 is 0.796 bits per heavy atom. The van der Waals surface area contributed by atoms with E-state index in [9.17, 15) is 4.79 Å². The second-order valence-electron chi connectivity index (χ2n) is 44.9. The van der Waals surface area contributed by atoms with Gasteiger partial charge in [0.05, 0.1) is 35.0 Å². The second-order valence-corrected chi connectivity index (χ2v) is 44.9. The summed E-state index contributed by atoms with van der Waals surface area (Å²) in [6.07, 6.45) is 41.2. The van der Waals surface area contributed by atoms with Gasteiger partial charge < -0.3 is 76.7 Å². The number of anilines is 5. The van der Waals surface area contributed by atoms with Crippen molar-refractivity contribution in [3.63, 3.8) is 0 Å². The van der Waals surface area contributed by atoms with E-state index in [1.165, 1.54) is 153 Å². The molecule has 0 unspecified atom stereocenters. The Bertz CT molecular complexity index is 6220. The van der Waals surface area contributed by atoms with Gasteiger partial charge in [0.1, 0.15) is 0 Å². The van der Waals surface area contributed by atoms with Crippen LogP contribution >= 0.6 is 0 Å². The molecule has 14 aliphatic rings. The number of hydrogen-bond acceptors (Lipinski definition) is 27. The summed E-state index contributed by atoms with van der Waals surface area (Å²) >= 11 is 0. The molecule has 774 valence electrons. The number of piperazine rings is 1. The molecule has 25 rings (SSSR count). The summed E-state index contributed by atoms with van der Waals surface area (Å²) < 4.78 is 5.46. The van der Waals surface area contributed by atoms with Crippen LogP contribution in [0, 0.1) is 5.92 Å². The lowest BCUT2D eigenvalue weighted by Gasteiger charge is -2.43. The van der Waals surface area contributed by atoms with Gasteiger partial charge in [-0.2, -0.15) is 0 Å². The van der Waals surface area contributed by atoms with Crippen molar-refractivity contribution in [1.82, 2.24) is 106 Å². The van der Waals surface area contributed by atoms with Crippen LogP contribution in [0.3, 0.4) is 0 Å². The number of fused-ring (bicyclic) bond motifs is 20. The van der Waals surface area contributed by atoms with E-state index in [-0.39, 0.29) is 33.0 Å². The lowest BCUT2D eigenvalue weighted by Crippen LogP contribution is -2.50.